The number of hydrogen-bond donors (Lipinski definition) is 1. The second-order valence-corrected chi connectivity index (χ2v) is 5.35. The molecule has 1 heterocycles. The first-order valence-electron chi connectivity index (χ1n) is 6.37. The number of hydrogen-bond acceptors (Lipinski definition) is 4. The van der Waals surface area contributed by atoms with Crippen molar-refractivity contribution < 1.29 is 14.3 Å². The van der Waals surface area contributed by atoms with Crippen molar-refractivity contribution in [3.63, 3.8) is 0 Å². The van der Waals surface area contributed by atoms with Gasteiger partial charge in [-0.25, -0.2) is 4.79 Å². The first kappa shape index (κ1) is 14.8. The smallest absolute Gasteiger partial charge is 0.337 e. The molecule has 1 atom stereocenters. The van der Waals surface area contributed by atoms with Crippen molar-refractivity contribution in [1.29, 1.82) is 0 Å². The third-order valence-corrected chi connectivity index (χ3v) is 4.32. The zero-order valence-electron chi connectivity index (χ0n) is 11.5. The molecule has 0 spiro atoms. The van der Waals surface area contributed by atoms with E-state index in [1.54, 1.807) is 30.1 Å². The molecule has 1 aromatic carbocycles. The average Bonchev–Trinajstić information content (AvgIpc) is 2.86. The monoisotopic (exact) mass is 340 g/mol. The van der Waals surface area contributed by atoms with Crippen molar-refractivity contribution in [3.8, 4) is 0 Å². The van der Waals surface area contributed by atoms with E-state index in [2.05, 4.69) is 21.2 Å². The topological polar surface area (TPSA) is 58.6 Å². The molecule has 0 radical (unpaired) electrons. The Kier molecular flexibility index (Phi) is 4.65. The highest BCUT2D eigenvalue weighted by molar-refractivity contribution is 9.09. The molecule has 5 nitrogen and oxygen atoms in total. The number of esters is 1. The molecule has 0 aliphatic carbocycles. The Hall–Kier alpha value is -1.56. The minimum Gasteiger partial charge on any atom is -0.465 e. The summed E-state index contributed by atoms with van der Waals surface area (Å²) >= 11 is 3.42. The van der Waals surface area contributed by atoms with Crippen molar-refractivity contribution in [2.24, 2.45) is 5.92 Å². The first-order chi connectivity index (χ1) is 9.60. The largest absolute Gasteiger partial charge is 0.465 e. The zero-order valence-corrected chi connectivity index (χ0v) is 13.1. The van der Waals surface area contributed by atoms with E-state index in [-0.39, 0.29) is 5.91 Å². The summed E-state index contributed by atoms with van der Waals surface area (Å²) in [6.45, 7) is 0.656. The fourth-order valence-corrected chi connectivity index (χ4v) is 2.76. The molecule has 1 aromatic rings. The number of methoxy groups -OCH3 is 1. The summed E-state index contributed by atoms with van der Waals surface area (Å²) in [4.78, 5) is 25.5. The Morgan fingerprint density at radius 1 is 1.55 bits per heavy atom. The van der Waals surface area contributed by atoms with Crippen LogP contribution in [0.4, 0.5) is 11.4 Å². The number of nitrogens with zero attached hydrogens (tertiary/aromatic N) is 1. The van der Waals surface area contributed by atoms with E-state index in [9.17, 15) is 9.59 Å². The lowest BCUT2D eigenvalue weighted by Crippen LogP contribution is -2.26. The summed E-state index contributed by atoms with van der Waals surface area (Å²) in [6.07, 6.45) is 0.525. The number of rotatable bonds is 4. The number of nitrogens with one attached hydrogen (secondary N) is 1. The van der Waals surface area contributed by atoms with Gasteiger partial charge in [-0.2, -0.15) is 0 Å². The number of alkyl halides is 1. The van der Waals surface area contributed by atoms with Crippen molar-refractivity contribution in [2.45, 2.75) is 6.42 Å². The van der Waals surface area contributed by atoms with Gasteiger partial charge in [0.15, 0.2) is 0 Å². The maximum atomic E-state index is 12.1. The first-order valence-corrected chi connectivity index (χ1v) is 7.49. The van der Waals surface area contributed by atoms with Crippen LogP contribution in [-0.2, 0) is 9.53 Å². The molecule has 20 heavy (non-hydrogen) atoms. The van der Waals surface area contributed by atoms with Gasteiger partial charge in [-0.1, -0.05) is 15.9 Å². The molecule has 0 aromatic heterocycles. The number of anilines is 2. The Morgan fingerprint density at radius 2 is 2.30 bits per heavy atom. The van der Waals surface area contributed by atoms with Crippen LogP contribution in [0.3, 0.4) is 0 Å². The predicted octanol–water partition coefficient (Wildman–Crippen LogP) is 2.26. The van der Waals surface area contributed by atoms with Gasteiger partial charge in [0.25, 0.3) is 0 Å². The van der Waals surface area contributed by atoms with Gasteiger partial charge in [-0.3, -0.25) is 4.79 Å². The van der Waals surface area contributed by atoms with Gasteiger partial charge in [0, 0.05) is 25.3 Å². The van der Waals surface area contributed by atoms with E-state index < -0.39 is 5.97 Å². The molecule has 1 unspecified atom stereocenters. The van der Waals surface area contributed by atoms with E-state index in [1.165, 1.54) is 7.11 Å². The number of ether oxygens (including phenoxy) is 1. The quantitative estimate of drug-likeness (QED) is 0.674. The summed E-state index contributed by atoms with van der Waals surface area (Å²) in [5.74, 6) is -0.0282. The minimum absolute atomic E-state index is 0.0768. The van der Waals surface area contributed by atoms with Gasteiger partial charge < -0.3 is 15.0 Å². The summed E-state index contributed by atoms with van der Waals surface area (Å²) in [7, 11) is 3.13. The molecular weight excluding hydrogens is 324 g/mol. The molecule has 1 fully saturated rings. The standard InChI is InChI=1S/C14H17BrN2O3/c1-16-11-4-3-10(14(19)20-2)6-12(11)17-8-9(7-15)5-13(17)18/h3-4,6,9,16H,5,7-8H2,1-2H3. The molecule has 1 amide bonds. The van der Waals surface area contributed by atoms with Gasteiger partial charge in [-0.15, -0.1) is 0 Å². The Labute approximate surface area is 126 Å². The molecular formula is C14H17BrN2O3. The van der Waals surface area contributed by atoms with E-state index in [0.717, 1.165) is 16.7 Å². The van der Waals surface area contributed by atoms with E-state index in [4.69, 9.17) is 4.74 Å². The van der Waals surface area contributed by atoms with Crippen molar-refractivity contribution in [1.82, 2.24) is 0 Å². The average molecular weight is 341 g/mol. The number of carbonyl (C=O) groups is 2. The third-order valence-electron chi connectivity index (χ3n) is 3.40. The molecule has 108 valence electrons. The number of halogens is 1. The Morgan fingerprint density at radius 3 is 2.85 bits per heavy atom. The summed E-state index contributed by atoms with van der Waals surface area (Å²) < 4.78 is 4.73. The molecule has 0 saturated carbocycles. The highest BCUT2D eigenvalue weighted by Gasteiger charge is 2.31. The fraction of sp³-hybridized carbons (Fsp3) is 0.429. The normalized spacial score (nSPS) is 18.2. The molecule has 1 N–H and O–H groups in total. The summed E-state index contributed by atoms with van der Waals surface area (Å²) in [6, 6.07) is 5.17. The van der Waals surface area contributed by atoms with Crippen molar-refractivity contribution in [3.05, 3.63) is 23.8 Å². The summed E-state index contributed by atoms with van der Waals surface area (Å²) in [5, 5.41) is 3.84. The van der Waals surface area contributed by atoms with Crippen LogP contribution >= 0.6 is 15.9 Å². The fourth-order valence-electron chi connectivity index (χ4n) is 2.33. The van der Waals surface area contributed by atoms with E-state index >= 15 is 0 Å². The van der Waals surface area contributed by atoms with Gasteiger partial charge in [0.2, 0.25) is 5.91 Å². The lowest BCUT2D eigenvalue weighted by Gasteiger charge is -2.21. The van der Waals surface area contributed by atoms with E-state index in [0.29, 0.717) is 24.4 Å². The van der Waals surface area contributed by atoms with Gasteiger partial charge >= 0.3 is 5.97 Å². The van der Waals surface area contributed by atoms with Gasteiger partial charge in [-0.05, 0) is 24.1 Å². The van der Waals surface area contributed by atoms with Crippen LogP contribution in [0.5, 0.6) is 0 Å². The minimum atomic E-state index is -0.405. The lowest BCUT2D eigenvalue weighted by molar-refractivity contribution is -0.117. The van der Waals surface area contributed by atoms with Crippen LogP contribution in [0.1, 0.15) is 16.8 Å². The van der Waals surface area contributed by atoms with Crippen molar-refractivity contribution >= 4 is 39.2 Å². The van der Waals surface area contributed by atoms with Crippen LogP contribution in [0.25, 0.3) is 0 Å². The molecule has 6 heteroatoms. The highest BCUT2D eigenvalue weighted by Crippen LogP contribution is 2.32. The second-order valence-electron chi connectivity index (χ2n) is 4.70. The van der Waals surface area contributed by atoms with Crippen molar-refractivity contribution in [2.75, 3.05) is 36.2 Å². The summed E-state index contributed by atoms with van der Waals surface area (Å²) in [5.41, 5.74) is 1.99. The Balaban J connectivity index is 2.38. The van der Waals surface area contributed by atoms with Gasteiger partial charge in [0.1, 0.15) is 0 Å². The molecule has 1 saturated heterocycles. The number of amides is 1. The number of benzene rings is 1. The zero-order chi connectivity index (χ0) is 14.7. The predicted molar refractivity (Wildman–Crippen MR) is 81.6 cm³/mol. The second kappa shape index (κ2) is 6.26. The molecule has 2 rings (SSSR count). The Bertz CT molecular complexity index is 533. The van der Waals surface area contributed by atoms with E-state index in [1.807, 2.05) is 0 Å². The maximum Gasteiger partial charge on any atom is 0.337 e. The highest BCUT2D eigenvalue weighted by atomic mass is 79.9. The van der Waals surface area contributed by atoms with Gasteiger partial charge in [0.05, 0.1) is 24.0 Å². The molecule has 1 aliphatic heterocycles. The maximum absolute atomic E-state index is 12.1. The van der Waals surface area contributed by atoms with Crippen LogP contribution in [0.15, 0.2) is 18.2 Å². The van der Waals surface area contributed by atoms with Crippen LogP contribution in [-0.4, -0.2) is 37.9 Å². The SMILES string of the molecule is CNc1ccc(C(=O)OC)cc1N1CC(CBr)CC1=O. The third kappa shape index (κ3) is 2.80. The molecule has 0 bridgehead atoms. The lowest BCUT2D eigenvalue weighted by atomic mass is 10.1. The number of carbonyl (C=O) groups excluding carboxylic acids is 2. The van der Waals surface area contributed by atoms with Crippen LogP contribution in [0.2, 0.25) is 0 Å². The molecule has 1 aliphatic rings. The van der Waals surface area contributed by atoms with Crippen LogP contribution < -0.4 is 10.2 Å². The van der Waals surface area contributed by atoms with Crippen LogP contribution in [0, 0.1) is 5.92 Å².